The molecule has 0 radical (unpaired) electrons. The number of hydrogen-bond donors (Lipinski definition) is 2. The van der Waals surface area contributed by atoms with Crippen molar-refractivity contribution in [1.82, 2.24) is 0 Å². The molecule has 2 aromatic carbocycles. The number of rotatable bonds is 3. The molecule has 3 rings (SSSR count). The van der Waals surface area contributed by atoms with Crippen LogP contribution < -0.4 is 15.5 Å². The second-order valence-corrected chi connectivity index (χ2v) is 6.21. The summed E-state index contributed by atoms with van der Waals surface area (Å²) >= 11 is 12.0. The standard InChI is InChI=1S/C17H17Cl2N3O/c18-14-4-3-5-15(16(14)19)21-17(23)20-12-6-8-13(9-7-12)22-10-1-2-11-22/h3-9H,1-2,10-11H2,(H2,20,21,23). The van der Waals surface area contributed by atoms with Crippen molar-refractivity contribution in [2.45, 2.75) is 12.8 Å². The van der Waals surface area contributed by atoms with Gasteiger partial charge in [0.05, 0.1) is 15.7 Å². The number of nitrogens with one attached hydrogen (secondary N) is 2. The van der Waals surface area contributed by atoms with Gasteiger partial charge in [-0.1, -0.05) is 29.3 Å². The summed E-state index contributed by atoms with van der Waals surface area (Å²) in [6.07, 6.45) is 2.48. The molecule has 23 heavy (non-hydrogen) atoms. The lowest BCUT2D eigenvalue weighted by atomic mass is 10.2. The number of nitrogens with zero attached hydrogens (tertiary/aromatic N) is 1. The van der Waals surface area contributed by atoms with Gasteiger partial charge in [0, 0.05) is 24.5 Å². The average molecular weight is 350 g/mol. The van der Waals surface area contributed by atoms with Crippen LogP contribution in [0.2, 0.25) is 10.0 Å². The van der Waals surface area contributed by atoms with Crippen LogP contribution in [0.3, 0.4) is 0 Å². The molecule has 1 fully saturated rings. The summed E-state index contributed by atoms with van der Waals surface area (Å²) in [6, 6.07) is 12.6. The maximum absolute atomic E-state index is 12.1. The molecule has 4 nitrogen and oxygen atoms in total. The number of hydrogen-bond acceptors (Lipinski definition) is 2. The first-order valence-electron chi connectivity index (χ1n) is 7.50. The molecule has 0 unspecified atom stereocenters. The zero-order valence-electron chi connectivity index (χ0n) is 12.5. The molecule has 0 saturated carbocycles. The van der Waals surface area contributed by atoms with Crippen molar-refractivity contribution in [2.24, 2.45) is 0 Å². The second kappa shape index (κ2) is 7.11. The minimum atomic E-state index is -0.358. The van der Waals surface area contributed by atoms with E-state index in [9.17, 15) is 4.79 Å². The van der Waals surface area contributed by atoms with Gasteiger partial charge in [-0.15, -0.1) is 0 Å². The molecule has 0 bridgehead atoms. The predicted octanol–water partition coefficient (Wildman–Crippen LogP) is 5.24. The van der Waals surface area contributed by atoms with Crippen molar-refractivity contribution < 1.29 is 4.79 Å². The molecular formula is C17H17Cl2N3O. The number of anilines is 3. The number of carbonyl (C=O) groups excluding carboxylic acids is 1. The van der Waals surface area contributed by atoms with E-state index in [-0.39, 0.29) is 6.03 Å². The van der Waals surface area contributed by atoms with E-state index in [1.807, 2.05) is 24.3 Å². The summed E-state index contributed by atoms with van der Waals surface area (Å²) < 4.78 is 0. The molecule has 2 amide bonds. The Balaban J connectivity index is 1.62. The molecule has 1 aliphatic rings. The van der Waals surface area contributed by atoms with Gasteiger partial charge in [0.1, 0.15) is 0 Å². The van der Waals surface area contributed by atoms with Crippen molar-refractivity contribution in [2.75, 3.05) is 28.6 Å². The Labute approximate surface area is 145 Å². The lowest BCUT2D eigenvalue weighted by Gasteiger charge is -2.18. The normalized spacial score (nSPS) is 13.9. The van der Waals surface area contributed by atoms with Crippen molar-refractivity contribution in [3.8, 4) is 0 Å². The summed E-state index contributed by atoms with van der Waals surface area (Å²) in [6.45, 7) is 2.20. The highest BCUT2D eigenvalue weighted by Gasteiger charge is 2.12. The molecule has 1 saturated heterocycles. The van der Waals surface area contributed by atoms with Gasteiger partial charge in [0.25, 0.3) is 0 Å². The Bertz CT molecular complexity index is 697. The van der Waals surface area contributed by atoms with Crippen LogP contribution in [0.1, 0.15) is 12.8 Å². The van der Waals surface area contributed by atoms with Gasteiger partial charge in [-0.2, -0.15) is 0 Å². The molecule has 2 N–H and O–H groups in total. The molecule has 0 atom stereocenters. The van der Waals surface area contributed by atoms with Gasteiger partial charge in [-0.05, 0) is 49.2 Å². The second-order valence-electron chi connectivity index (χ2n) is 5.42. The average Bonchev–Trinajstić information content (AvgIpc) is 3.07. The molecule has 6 heteroatoms. The van der Waals surface area contributed by atoms with Crippen molar-refractivity contribution in [1.29, 1.82) is 0 Å². The Hall–Kier alpha value is -1.91. The van der Waals surface area contributed by atoms with Crippen LogP contribution in [-0.4, -0.2) is 19.1 Å². The summed E-state index contributed by atoms with van der Waals surface area (Å²) in [7, 11) is 0. The smallest absolute Gasteiger partial charge is 0.323 e. The minimum absolute atomic E-state index is 0.327. The van der Waals surface area contributed by atoms with Crippen LogP contribution in [0.4, 0.5) is 21.9 Å². The van der Waals surface area contributed by atoms with Crippen LogP contribution in [0.25, 0.3) is 0 Å². The SMILES string of the molecule is O=C(Nc1ccc(N2CCCC2)cc1)Nc1cccc(Cl)c1Cl. The van der Waals surface area contributed by atoms with Gasteiger partial charge < -0.3 is 15.5 Å². The Morgan fingerprint density at radius 3 is 2.35 bits per heavy atom. The molecule has 120 valence electrons. The molecule has 0 aromatic heterocycles. The molecule has 2 aromatic rings. The summed E-state index contributed by atoms with van der Waals surface area (Å²) in [5.41, 5.74) is 2.39. The highest BCUT2D eigenvalue weighted by molar-refractivity contribution is 6.44. The number of amides is 2. The number of carbonyl (C=O) groups is 1. The quantitative estimate of drug-likeness (QED) is 0.795. The largest absolute Gasteiger partial charge is 0.372 e. The van der Waals surface area contributed by atoms with E-state index < -0.39 is 0 Å². The zero-order valence-corrected chi connectivity index (χ0v) is 14.0. The van der Waals surface area contributed by atoms with Gasteiger partial charge in [-0.3, -0.25) is 0 Å². The monoisotopic (exact) mass is 349 g/mol. The van der Waals surface area contributed by atoms with Crippen LogP contribution in [0.15, 0.2) is 42.5 Å². The highest BCUT2D eigenvalue weighted by Crippen LogP contribution is 2.29. The van der Waals surface area contributed by atoms with E-state index in [0.29, 0.717) is 15.7 Å². The van der Waals surface area contributed by atoms with Crippen LogP contribution in [0, 0.1) is 0 Å². The predicted molar refractivity (Wildman–Crippen MR) is 97.0 cm³/mol. The van der Waals surface area contributed by atoms with Crippen molar-refractivity contribution in [3.05, 3.63) is 52.5 Å². The summed E-state index contributed by atoms with van der Waals surface area (Å²) in [5, 5.41) is 6.21. The lowest BCUT2D eigenvalue weighted by Crippen LogP contribution is -2.20. The van der Waals surface area contributed by atoms with Gasteiger partial charge >= 0.3 is 6.03 Å². The number of halogens is 2. The minimum Gasteiger partial charge on any atom is -0.372 e. The van der Waals surface area contributed by atoms with Crippen LogP contribution >= 0.6 is 23.2 Å². The van der Waals surface area contributed by atoms with E-state index in [0.717, 1.165) is 18.8 Å². The van der Waals surface area contributed by atoms with E-state index in [2.05, 4.69) is 15.5 Å². The van der Waals surface area contributed by atoms with Gasteiger partial charge in [0.2, 0.25) is 0 Å². The Morgan fingerprint density at radius 1 is 0.957 bits per heavy atom. The molecule has 0 aliphatic carbocycles. The Morgan fingerprint density at radius 2 is 1.65 bits per heavy atom. The number of urea groups is 1. The lowest BCUT2D eigenvalue weighted by molar-refractivity contribution is 0.262. The molecule has 1 aliphatic heterocycles. The molecule has 0 spiro atoms. The zero-order chi connectivity index (χ0) is 16.2. The maximum atomic E-state index is 12.1. The third kappa shape index (κ3) is 3.89. The van der Waals surface area contributed by atoms with Crippen LogP contribution in [-0.2, 0) is 0 Å². The fraction of sp³-hybridized carbons (Fsp3) is 0.235. The third-order valence-corrected chi connectivity index (χ3v) is 4.62. The maximum Gasteiger partial charge on any atom is 0.323 e. The topological polar surface area (TPSA) is 44.4 Å². The van der Waals surface area contributed by atoms with E-state index in [1.165, 1.54) is 18.5 Å². The number of benzene rings is 2. The van der Waals surface area contributed by atoms with Gasteiger partial charge in [-0.25, -0.2) is 4.79 Å². The van der Waals surface area contributed by atoms with Crippen molar-refractivity contribution in [3.63, 3.8) is 0 Å². The highest BCUT2D eigenvalue weighted by atomic mass is 35.5. The van der Waals surface area contributed by atoms with Crippen LogP contribution in [0.5, 0.6) is 0 Å². The molecule has 1 heterocycles. The fourth-order valence-electron chi connectivity index (χ4n) is 2.62. The van der Waals surface area contributed by atoms with Crippen molar-refractivity contribution >= 4 is 46.3 Å². The summed E-state index contributed by atoms with van der Waals surface area (Å²) in [5.74, 6) is 0. The first kappa shape index (κ1) is 16.0. The van der Waals surface area contributed by atoms with E-state index in [1.54, 1.807) is 18.2 Å². The first-order valence-corrected chi connectivity index (χ1v) is 8.26. The fourth-order valence-corrected chi connectivity index (χ4v) is 2.96. The van der Waals surface area contributed by atoms with E-state index >= 15 is 0 Å². The first-order chi connectivity index (χ1) is 11.1. The van der Waals surface area contributed by atoms with E-state index in [4.69, 9.17) is 23.2 Å². The third-order valence-electron chi connectivity index (χ3n) is 3.80. The summed E-state index contributed by atoms with van der Waals surface area (Å²) in [4.78, 5) is 14.4. The van der Waals surface area contributed by atoms with Gasteiger partial charge in [0.15, 0.2) is 0 Å². The molecular weight excluding hydrogens is 333 g/mol. The Kier molecular flexibility index (Phi) is 4.94.